The highest BCUT2D eigenvalue weighted by atomic mass is 32.1. The molecule has 0 saturated carbocycles. The van der Waals surface area contributed by atoms with Gasteiger partial charge >= 0.3 is 0 Å². The molecular weight excluding hydrogens is 274 g/mol. The van der Waals surface area contributed by atoms with Crippen LogP contribution in [0, 0.1) is 10.1 Å². The van der Waals surface area contributed by atoms with Crippen molar-refractivity contribution in [3.05, 3.63) is 63.7 Å². The molecule has 1 heterocycles. The molecule has 0 bridgehead atoms. The van der Waals surface area contributed by atoms with Crippen molar-refractivity contribution in [2.24, 2.45) is 0 Å². The average molecular weight is 285 g/mol. The van der Waals surface area contributed by atoms with Crippen molar-refractivity contribution < 1.29 is 4.92 Å². The number of hydrogen-bond donors (Lipinski definition) is 1. The smallest absolute Gasteiger partial charge is 0.274 e. The van der Waals surface area contributed by atoms with Crippen LogP contribution in [0.25, 0.3) is 10.2 Å². The van der Waals surface area contributed by atoms with Gasteiger partial charge in [0.1, 0.15) is 0 Å². The standard InChI is InChI=1S/C14H11N3O2S/c18-17(19)13-4-2-1-3-10(13)8-15-11-5-6-12-14(7-11)20-9-16-12/h1-7,9,15H,8H2. The van der Waals surface area contributed by atoms with Crippen LogP contribution in [-0.2, 0) is 6.54 Å². The Balaban J connectivity index is 1.80. The number of fused-ring (bicyclic) bond motifs is 1. The van der Waals surface area contributed by atoms with E-state index in [1.54, 1.807) is 35.0 Å². The molecule has 0 radical (unpaired) electrons. The fourth-order valence-corrected chi connectivity index (χ4v) is 2.72. The number of nitrogens with zero attached hydrogens (tertiary/aromatic N) is 2. The van der Waals surface area contributed by atoms with Crippen LogP contribution < -0.4 is 5.32 Å². The number of nitro groups is 1. The third kappa shape index (κ3) is 2.46. The van der Waals surface area contributed by atoms with Crippen LogP contribution >= 0.6 is 11.3 Å². The maximum Gasteiger partial charge on any atom is 0.274 e. The normalized spacial score (nSPS) is 10.6. The molecule has 1 N–H and O–H groups in total. The Labute approximate surface area is 119 Å². The molecule has 0 aliphatic rings. The molecule has 100 valence electrons. The number of rotatable bonds is 4. The fourth-order valence-electron chi connectivity index (χ4n) is 2.00. The summed E-state index contributed by atoms with van der Waals surface area (Å²) in [5.74, 6) is 0. The lowest BCUT2D eigenvalue weighted by molar-refractivity contribution is -0.385. The van der Waals surface area contributed by atoms with E-state index in [1.165, 1.54) is 6.07 Å². The topological polar surface area (TPSA) is 68.1 Å². The molecule has 0 spiro atoms. The molecule has 0 amide bonds. The maximum atomic E-state index is 10.9. The molecule has 3 rings (SSSR count). The number of hydrogen-bond acceptors (Lipinski definition) is 5. The van der Waals surface area contributed by atoms with E-state index >= 15 is 0 Å². The Kier molecular flexibility index (Phi) is 3.30. The van der Waals surface area contributed by atoms with Gasteiger partial charge in [0, 0.05) is 23.9 Å². The van der Waals surface area contributed by atoms with Crippen molar-refractivity contribution >= 4 is 32.9 Å². The minimum absolute atomic E-state index is 0.138. The third-order valence-electron chi connectivity index (χ3n) is 3.00. The molecule has 20 heavy (non-hydrogen) atoms. The van der Waals surface area contributed by atoms with Gasteiger partial charge in [0.05, 0.1) is 20.7 Å². The first kappa shape index (κ1) is 12.6. The van der Waals surface area contributed by atoms with Gasteiger partial charge in [0.25, 0.3) is 5.69 Å². The minimum Gasteiger partial charge on any atom is -0.381 e. The van der Waals surface area contributed by atoms with Gasteiger partial charge in [-0.05, 0) is 18.2 Å². The van der Waals surface area contributed by atoms with Gasteiger partial charge in [-0.2, -0.15) is 0 Å². The lowest BCUT2D eigenvalue weighted by Crippen LogP contribution is -2.02. The summed E-state index contributed by atoms with van der Waals surface area (Å²) in [6.07, 6.45) is 0. The van der Waals surface area contributed by atoms with E-state index in [1.807, 2.05) is 18.2 Å². The van der Waals surface area contributed by atoms with Crippen molar-refractivity contribution in [2.45, 2.75) is 6.54 Å². The molecule has 3 aromatic rings. The molecule has 1 aromatic heterocycles. The number of anilines is 1. The first-order valence-electron chi connectivity index (χ1n) is 6.03. The zero-order valence-electron chi connectivity index (χ0n) is 10.4. The van der Waals surface area contributed by atoms with Crippen molar-refractivity contribution in [3.8, 4) is 0 Å². The molecule has 0 saturated heterocycles. The van der Waals surface area contributed by atoms with Crippen LogP contribution in [0.4, 0.5) is 11.4 Å². The van der Waals surface area contributed by atoms with Crippen LogP contribution in [0.5, 0.6) is 0 Å². The second-order valence-electron chi connectivity index (χ2n) is 4.27. The molecule has 6 heteroatoms. The summed E-state index contributed by atoms with van der Waals surface area (Å²) < 4.78 is 1.09. The van der Waals surface area contributed by atoms with E-state index < -0.39 is 0 Å². The Morgan fingerprint density at radius 3 is 2.95 bits per heavy atom. The predicted molar refractivity (Wildman–Crippen MR) is 80.0 cm³/mol. The van der Waals surface area contributed by atoms with E-state index in [2.05, 4.69) is 10.3 Å². The second kappa shape index (κ2) is 5.26. The van der Waals surface area contributed by atoms with Gasteiger partial charge in [-0.1, -0.05) is 18.2 Å². The van der Waals surface area contributed by atoms with Gasteiger partial charge in [-0.25, -0.2) is 4.98 Å². The molecule has 5 nitrogen and oxygen atoms in total. The summed E-state index contributed by atoms with van der Waals surface area (Å²) in [6, 6.07) is 12.6. The Hall–Kier alpha value is -2.47. The van der Waals surface area contributed by atoms with Crippen LogP contribution in [0.15, 0.2) is 48.0 Å². The van der Waals surface area contributed by atoms with Gasteiger partial charge in [-0.15, -0.1) is 11.3 Å². The first-order valence-corrected chi connectivity index (χ1v) is 6.91. The van der Waals surface area contributed by atoms with Crippen LogP contribution in [0.3, 0.4) is 0 Å². The predicted octanol–water partition coefficient (Wildman–Crippen LogP) is 3.82. The average Bonchev–Trinajstić information content (AvgIpc) is 2.92. The van der Waals surface area contributed by atoms with E-state index in [4.69, 9.17) is 0 Å². The summed E-state index contributed by atoms with van der Waals surface area (Å²) in [5.41, 5.74) is 4.50. The SMILES string of the molecule is O=[N+]([O-])c1ccccc1CNc1ccc2ncsc2c1. The van der Waals surface area contributed by atoms with E-state index in [9.17, 15) is 10.1 Å². The molecule has 0 fully saturated rings. The number of aromatic nitrogens is 1. The molecule has 0 aliphatic heterocycles. The van der Waals surface area contributed by atoms with Gasteiger partial charge in [0.2, 0.25) is 0 Å². The number of nitro benzene ring substituents is 1. The van der Waals surface area contributed by atoms with Crippen molar-refractivity contribution in [3.63, 3.8) is 0 Å². The summed E-state index contributed by atoms with van der Waals surface area (Å²) in [5, 5.41) is 14.2. The number of benzene rings is 2. The van der Waals surface area contributed by atoms with E-state index in [0.29, 0.717) is 12.1 Å². The minimum atomic E-state index is -0.358. The van der Waals surface area contributed by atoms with Crippen molar-refractivity contribution in [1.82, 2.24) is 4.98 Å². The van der Waals surface area contributed by atoms with Gasteiger partial charge in [0.15, 0.2) is 0 Å². The van der Waals surface area contributed by atoms with Gasteiger partial charge in [-0.3, -0.25) is 10.1 Å². The molecule has 0 aliphatic carbocycles. The Morgan fingerprint density at radius 1 is 1.25 bits per heavy atom. The van der Waals surface area contributed by atoms with Gasteiger partial charge < -0.3 is 5.32 Å². The zero-order valence-corrected chi connectivity index (χ0v) is 11.3. The Bertz CT molecular complexity index is 770. The number of para-hydroxylation sites is 1. The van der Waals surface area contributed by atoms with Crippen molar-refractivity contribution in [2.75, 3.05) is 5.32 Å². The monoisotopic (exact) mass is 285 g/mol. The van der Waals surface area contributed by atoms with E-state index in [0.717, 1.165) is 15.9 Å². The van der Waals surface area contributed by atoms with Crippen LogP contribution in [0.1, 0.15) is 5.56 Å². The fraction of sp³-hybridized carbons (Fsp3) is 0.0714. The largest absolute Gasteiger partial charge is 0.381 e. The number of thiazole rings is 1. The number of nitrogens with one attached hydrogen (secondary N) is 1. The summed E-state index contributed by atoms with van der Waals surface area (Å²) in [4.78, 5) is 14.8. The highest BCUT2D eigenvalue weighted by Crippen LogP contribution is 2.23. The van der Waals surface area contributed by atoms with Crippen molar-refractivity contribution in [1.29, 1.82) is 0 Å². The van der Waals surface area contributed by atoms with Crippen LogP contribution in [0.2, 0.25) is 0 Å². The molecule has 0 unspecified atom stereocenters. The summed E-state index contributed by atoms with van der Waals surface area (Å²) in [6.45, 7) is 0.418. The zero-order chi connectivity index (χ0) is 13.9. The lowest BCUT2D eigenvalue weighted by Gasteiger charge is -2.07. The molecule has 2 aromatic carbocycles. The quantitative estimate of drug-likeness (QED) is 0.584. The highest BCUT2D eigenvalue weighted by molar-refractivity contribution is 7.16. The molecule has 0 atom stereocenters. The third-order valence-corrected chi connectivity index (χ3v) is 3.79. The molecular formula is C14H11N3O2S. The Morgan fingerprint density at radius 2 is 2.10 bits per heavy atom. The maximum absolute atomic E-state index is 10.9. The summed E-state index contributed by atoms with van der Waals surface area (Å²) >= 11 is 1.57. The summed E-state index contributed by atoms with van der Waals surface area (Å²) in [7, 11) is 0. The van der Waals surface area contributed by atoms with E-state index in [-0.39, 0.29) is 10.6 Å². The van der Waals surface area contributed by atoms with Crippen LogP contribution in [-0.4, -0.2) is 9.91 Å². The lowest BCUT2D eigenvalue weighted by atomic mass is 10.2. The first-order chi connectivity index (χ1) is 9.74. The highest BCUT2D eigenvalue weighted by Gasteiger charge is 2.11. The second-order valence-corrected chi connectivity index (χ2v) is 5.16.